The van der Waals surface area contributed by atoms with Crippen molar-refractivity contribution in [3.8, 4) is 0 Å². The van der Waals surface area contributed by atoms with Gasteiger partial charge in [0.2, 0.25) is 0 Å². The van der Waals surface area contributed by atoms with Gasteiger partial charge in [-0.15, -0.1) is 0 Å². The van der Waals surface area contributed by atoms with Crippen LogP contribution in [0.25, 0.3) is 0 Å². The van der Waals surface area contributed by atoms with Crippen molar-refractivity contribution in [3.63, 3.8) is 0 Å². The van der Waals surface area contributed by atoms with Gasteiger partial charge < -0.3 is 4.90 Å². The Labute approximate surface area is 90.9 Å². The van der Waals surface area contributed by atoms with Crippen molar-refractivity contribution < 1.29 is 0 Å². The van der Waals surface area contributed by atoms with Crippen LogP contribution in [0.5, 0.6) is 0 Å². The molecule has 0 fully saturated rings. The maximum atomic E-state index is 2.63. The van der Waals surface area contributed by atoms with Crippen molar-refractivity contribution in [1.29, 1.82) is 0 Å². The molecule has 0 amide bonds. The highest BCUT2D eigenvalue weighted by atomic mass is 15.1. The van der Waals surface area contributed by atoms with E-state index in [-0.39, 0.29) is 0 Å². The van der Waals surface area contributed by atoms with Crippen LogP contribution in [0.3, 0.4) is 0 Å². The number of unbranched alkanes of at least 4 members (excludes halogenated alkanes) is 1. The third kappa shape index (κ3) is 7.37. The summed E-state index contributed by atoms with van der Waals surface area (Å²) in [5.41, 5.74) is 0. The van der Waals surface area contributed by atoms with Crippen molar-refractivity contribution in [2.75, 3.05) is 19.6 Å². The van der Waals surface area contributed by atoms with Crippen LogP contribution in [-0.4, -0.2) is 24.5 Å². The Morgan fingerprint density at radius 1 is 0.929 bits per heavy atom. The van der Waals surface area contributed by atoms with E-state index in [9.17, 15) is 0 Å². The summed E-state index contributed by atoms with van der Waals surface area (Å²) in [5, 5.41) is 0. The number of rotatable bonds is 9. The Morgan fingerprint density at radius 2 is 1.64 bits per heavy atom. The molecule has 1 unspecified atom stereocenters. The summed E-state index contributed by atoms with van der Waals surface area (Å²) in [5.74, 6) is 0.899. The zero-order chi connectivity index (χ0) is 10.8. The van der Waals surface area contributed by atoms with Crippen LogP contribution in [0.1, 0.15) is 59.8 Å². The normalized spacial score (nSPS) is 13.5. The monoisotopic (exact) mass is 199 g/mol. The van der Waals surface area contributed by atoms with Gasteiger partial charge in [-0.3, -0.25) is 0 Å². The molecule has 0 N–H and O–H groups in total. The Bertz CT molecular complexity index is 112. The van der Waals surface area contributed by atoms with Crippen molar-refractivity contribution in [2.24, 2.45) is 5.92 Å². The van der Waals surface area contributed by atoms with Gasteiger partial charge in [-0.2, -0.15) is 0 Å². The molecule has 0 aromatic heterocycles. The van der Waals surface area contributed by atoms with Crippen LogP contribution in [-0.2, 0) is 0 Å². The van der Waals surface area contributed by atoms with E-state index in [0.717, 1.165) is 5.92 Å². The van der Waals surface area contributed by atoms with Gasteiger partial charge in [0.25, 0.3) is 0 Å². The molecule has 0 spiro atoms. The van der Waals surface area contributed by atoms with Crippen molar-refractivity contribution in [1.82, 2.24) is 4.90 Å². The lowest BCUT2D eigenvalue weighted by Gasteiger charge is -2.22. The minimum Gasteiger partial charge on any atom is -0.303 e. The molecule has 1 nitrogen and oxygen atoms in total. The number of nitrogens with zero attached hydrogens (tertiary/aromatic N) is 1. The Kier molecular flexibility index (Phi) is 9.49. The first-order chi connectivity index (χ1) is 6.74. The van der Waals surface area contributed by atoms with Gasteiger partial charge in [-0.1, -0.05) is 40.5 Å². The van der Waals surface area contributed by atoms with Crippen molar-refractivity contribution in [3.05, 3.63) is 0 Å². The summed E-state index contributed by atoms with van der Waals surface area (Å²) < 4.78 is 0. The average Bonchev–Trinajstić information content (AvgIpc) is 2.21. The lowest BCUT2D eigenvalue weighted by Crippen LogP contribution is -2.27. The molecular formula is C13H29N. The Balaban J connectivity index is 3.60. The fourth-order valence-electron chi connectivity index (χ4n) is 1.64. The van der Waals surface area contributed by atoms with Crippen molar-refractivity contribution in [2.45, 2.75) is 59.8 Å². The fourth-order valence-corrected chi connectivity index (χ4v) is 1.64. The molecule has 0 saturated heterocycles. The summed E-state index contributed by atoms with van der Waals surface area (Å²) in [4.78, 5) is 2.63. The smallest absolute Gasteiger partial charge is 0.00162 e. The minimum absolute atomic E-state index is 0.899. The quantitative estimate of drug-likeness (QED) is 0.544. The molecule has 0 aromatic carbocycles. The zero-order valence-corrected chi connectivity index (χ0v) is 10.7. The average molecular weight is 199 g/mol. The van der Waals surface area contributed by atoms with Crippen LogP contribution < -0.4 is 0 Å². The molecule has 1 heteroatoms. The summed E-state index contributed by atoms with van der Waals surface area (Å²) >= 11 is 0. The fraction of sp³-hybridized carbons (Fsp3) is 1.00. The van der Waals surface area contributed by atoms with Crippen LogP contribution in [0.2, 0.25) is 0 Å². The molecule has 0 saturated carbocycles. The van der Waals surface area contributed by atoms with Crippen LogP contribution in [0, 0.1) is 5.92 Å². The first-order valence-corrected chi connectivity index (χ1v) is 6.46. The van der Waals surface area contributed by atoms with Gasteiger partial charge >= 0.3 is 0 Å². The van der Waals surface area contributed by atoms with Crippen LogP contribution >= 0.6 is 0 Å². The molecule has 0 aromatic rings. The Hall–Kier alpha value is -0.0400. The second kappa shape index (κ2) is 9.51. The highest BCUT2D eigenvalue weighted by Crippen LogP contribution is 2.08. The van der Waals surface area contributed by atoms with Gasteiger partial charge in [0.15, 0.2) is 0 Å². The third-order valence-electron chi connectivity index (χ3n) is 3.00. The molecular weight excluding hydrogens is 170 g/mol. The first-order valence-electron chi connectivity index (χ1n) is 6.46. The van der Waals surface area contributed by atoms with Gasteiger partial charge in [-0.05, 0) is 44.8 Å². The van der Waals surface area contributed by atoms with E-state index in [0.29, 0.717) is 0 Å². The molecule has 14 heavy (non-hydrogen) atoms. The van der Waals surface area contributed by atoms with Gasteiger partial charge in [0, 0.05) is 0 Å². The van der Waals surface area contributed by atoms with E-state index < -0.39 is 0 Å². The van der Waals surface area contributed by atoms with Gasteiger partial charge in [0.05, 0.1) is 0 Å². The van der Waals surface area contributed by atoms with Crippen LogP contribution in [0.4, 0.5) is 0 Å². The predicted octanol–water partition coefficient (Wildman–Crippen LogP) is 3.93. The van der Waals surface area contributed by atoms with E-state index in [2.05, 4.69) is 32.6 Å². The van der Waals surface area contributed by atoms with Crippen molar-refractivity contribution >= 4 is 0 Å². The lowest BCUT2D eigenvalue weighted by atomic mass is 10.0. The highest BCUT2D eigenvalue weighted by Gasteiger charge is 2.05. The third-order valence-corrected chi connectivity index (χ3v) is 3.00. The SMILES string of the molecule is CCCCN(CCC)CCC(C)CC. The summed E-state index contributed by atoms with van der Waals surface area (Å²) in [7, 11) is 0. The zero-order valence-electron chi connectivity index (χ0n) is 10.7. The maximum absolute atomic E-state index is 2.63. The highest BCUT2D eigenvalue weighted by molar-refractivity contribution is 4.60. The molecule has 0 aliphatic rings. The largest absolute Gasteiger partial charge is 0.303 e. The first kappa shape index (κ1) is 14.0. The van der Waals surface area contributed by atoms with E-state index in [1.807, 2.05) is 0 Å². The van der Waals surface area contributed by atoms with Crippen LogP contribution in [0.15, 0.2) is 0 Å². The number of hydrogen-bond acceptors (Lipinski definition) is 1. The maximum Gasteiger partial charge on any atom is -0.00162 e. The Morgan fingerprint density at radius 3 is 2.14 bits per heavy atom. The van der Waals surface area contributed by atoms with E-state index in [1.165, 1.54) is 51.7 Å². The summed E-state index contributed by atoms with van der Waals surface area (Å²) in [6, 6.07) is 0. The molecule has 0 aliphatic heterocycles. The topological polar surface area (TPSA) is 3.24 Å². The second-order valence-corrected chi connectivity index (χ2v) is 4.50. The summed E-state index contributed by atoms with van der Waals surface area (Å²) in [6.07, 6.45) is 6.68. The molecule has 0 heterocycles. The molecule has 86 valence electrons. The van der Waals surface area contributed by atoms with E-state index >= 15 is 0 Å². The van der Waals surface area contributed by atoms with E-state index in [4.69, 9.17) is 0 Å². The molecule has 0 bridgehead atoms. The van der Waals surface area contributed by atoms with Gasteiger partial charge in [-0.25, -0.2) is 0 Å². The van der Waals surface area contributed by atoms with E-state index in [1.54, 1.807) is 0 Å². The second-order valence-electron chi connectivity index (χ2n) is 4.50. The standard InChI is InChI=1S/C13H29N/c1-5-8-11-14(10-6-2)12-9-13(4)7-3/h13H,5-12H2,1-4H3. The lowest BCUT2D eigenvalue weighted by molar-refractivity contribution is 0.250. The minimum atomic E-state index is 0.899. The molecule has 0 radical (unpaired) electrons. The molecule has 0 rings (SSSR count). The number of hydrogen-bond donors (Lipinski definition) is 0. The predicted molar refractivity (Wildman–Crippen MR) is 65.7 cm³/mol. The molecule has 1 atom stereocenters. The molecule has 0 aliphatic carbocycles. The van der Waals surface area contributed by atoms with Gasteiger partial charge in [0.1, 0.15) is 0 Å². The summed E-state index contributed by atoms with van der Waals surface area (Å²) in [6.45, 7) is 13.1.